The van der Waals surface area contributed by atoms with Crippen molar-refractivity contribution < 1.29 is 9.13 Å². The Morgan fingerprint density at radius 2 is 2.05 bits per heavy atom. The average Bonchev–Trinajstić information content (AvgIpc) is 2.79. The molecule has 0 aliphatic carbocycles. The molecular weight excluding hydrogens is 247 g/mol. The number of fused-ring (bicyclic) bond motifs is 1. The maximum absolute atomic E-state index is 13.5. The summed E-state index contributed by atoms with van der Waals surface area (Å²) in [6, 6.07) is 4.36. The smallest absolute Gasteiger partial charge is 0.181 e. The van der Waals surface area contributed by atoms with E-state index in [1.54, 1.807) is 18.6 Å². The van der Waals surface area contributed by atoms with E-state index in [0.717, 1.165) is 5.52 Å². The third-order valence-corrected chi connectivity index (χ3v) is 2.85. The minimum atomic E-state index is -0.390. The fourth-order valence-electron chi connectivity index (χ4n) is 1.86. The first-order valence-electron chi connectivity index (χ1n) is 5.66. The summed E-state index contributed by atoms with van der Waals surface area (Å²) in [5, 5.41) is 0. The van der Waals surface area contributed by atoms with Crippen molar-refractivity contribution in [3.05, 3.63) is 36.5 Å². The van der Waals surface area contributed by atoms with Gasteiger partial charge in [0.25, 0.3) is 0 Å². The van der Waals surface area contributed by atoms with Crippen molar-refractivity contribution in [2.24, 2.45) is 7.05 Å². The molecule has 0 aliphatic rings. The summed E-state index contributed by atoms with van der Waals surface area (Å²) < 4.78 is 20.3. The number of rotatable bonds is 2. The Kier molecular flexibility index (Phi) is 2.63. The van der Waals surface area contributed by atoms with Gasteiger partial charge in [0.1, 0.15) is 17.1 Å². The Morgan fingerprint density at radius 1 is 1.21 bits per heavy atom. The van der Waals surface area contributed by atoms with Crippen molar-refractivity contribution in [2.75, 3.05) is 7.11 Å². The lowest BCUT2D eigenvalue weighted by atomic mass is 10.2. The normalized spacial score (nSPS) is 10.9. The van der Waals surface area contributed by atoms with E-state index in [-0.39, 0.29) is 5.82 Å². The lowest BCUT2D eigenvalue weighted by molar-refractivity contribution is 0.411. The molecule has 0 atom stereocenters. The highest BCUT2D eigenvalue weighted by Crippen LogP contribution is 2.23. The molecule has 0 saturated carbocycles. The molecule has 1 aromatic carbocycles. The zero-order chi connectivity index (χ0) is 13.4. The molecule has 3 aromatic rings. The molecule has 0 unspecified atom stereocenters. The highest BCUT2D eigenvalue weighted by Gasteiger charge is 2.09. The molecule has 96 valence electrons. The first kappa shape index (κ1) is 11.6. The average molecular weight is 258 g/mol. The lowest BCUT2D eigenvalue weighted by Gasteiger charge is -2.04. The molecule has 0 saturated heterocycles. The van der Waals surface area contributed by atoms with Crippen LogP contribution in [0.5, 0.6) is 5.75 Å². The Hall–Kier alpha value is -2.50. The van der Waals surface area contributed by atoms with Crippen LogP contribution in [-0.4, -0.2) is 26.6 Å². The van der Waals surface area contributed by atoms with E-state index in [9.17, 15) is 4.39 Å². The van der Waals surface area contributed by atoms with Crippen molar-refractivity contribution in [2.45, 2.75) is 0 Å². The van der Waals surface area contributed by atoms with Crippen LogP contribution in [0, 0.1) is 5.82 Å². The first-order chi connectivity index (χ1) is 9.17. The van der Waals surface area contributed by atoms with Gasteiger partial charge in [0.05, 0.1) is 19.6 Å². The minimum absolute atomic E-state index is 0.390. The fourth-order valence-corrected chi connectivity index (χ4v) is 1.86. The van der Waals surface area contributed by atoms with Gasteiger partial charge in [-0.05, 0) is 12.1 Å². The van der Waals surface area contributed by atoms with Crippen molar-refractivity contribution >= 4 is 11.2 Å². The molecule has 0 fully saturated rings. The molecule has 19 heavy (non-hydrogen) atoms. The molecule has 0 N–H and O–H groups in total. The predicted octanol–water partition coefficient (Wildman–Crippen LogP) is 2.18. The minimum Gasteiger partial charge on any atom is -0.497 e. The Bertz CT molecular complexity index is 753. The Morgan fingerprint density at radius 3 is 2.84 bits per heavy atom. The van der Waals surface area contributed by atoms with Crippen LogP contribution in [0.1, 0.15) is 0 Å². The highest BCUT2D eigenvalue weighted by atomic mass is 19.1. The van der Waals surface area contributed by atoms with Crippen molar-refractivity contribution in [1.29, 1.82) is 0 Å². The molecule has 0 aliphatic heterocycles. The molecule has 0 bridgehead atoms. The van der Waals surface area contributed by atoms with E-state index < -0.39 is 0 Å². The van der Waals surface area contributed by atoms with Crippen LogP contribution >= 0.6 is 0 Å². The van der Waals surface area contributed by atoms with Gasteiger partial charge in [0, 0.05) is 18.7 Å². The lowest BCUT2D eigenvalue weighted by Crippen LogP contribution is -1.93. The SMILES string of the molecule is COc1cc(F)cc(-c2ncc3c(ncn3C)n2)c1. The Labute approximate surface area is 108 Å². The van der Waals surface area contributed by atoms with Crippen LogP contribution in [0.3, 0.4) is 0 Å². The summed E-state index contributed by atoms with van der Waals surface area (Å²) in [4.78, 5) is 12.7. The third kappa shape index (κ3) is 2.01. The number of benzene rings is 1. The third-order valence-electron chi connectivity index (χ3n) is 2.85. The standard InChI is InChI=1S/C13H11FN4O/c1-18-7-16-13-11(18)6-15-12(17-13)8-3-9(14)5-10(4-8)19-2/h3-7H,1-2H3. The number of aromatic nitrogens is 4. The van der Waals surface area contributed by atoms with Crippen LogP contribution in [0.2, 0.25) is 0 Å². The van der Waals surface area contributed by atoms with Gasteiger partial charge >= 0.3 is 0 Å². The van der Waals surface area contributed by atoms with Gasteiger partial charge < -0.3 is 9.30 Å². The van der Waals surface area contributed by atoms with Crippen LogP contribution in [0.25, 0.3) is 22.6 Å². The van der Waals surface area contributed by atoms with Gasteiger partial charge in [-0.2, -0.15) is 0 Å². The topological polar surface area (TPSA) is 52.8 Å². The van der Waals surface area contributed by atoms with E-state index in [2.05, 4.69) is 15.0 Å². The Balaban J connectivity index is 2.15. The predicted molar refractivity (Wildman–Crippen MR) is 68.3 cm³/mol. The monoisotopic (exact) mass is 258 g/mol. The maximum atomic E-state index is 13.5. The molecule has 3 rings (SSSR count). The van der Waals surface area contributed by atoms with Gasteiger partial charge in [-0.15, -0.1) is 0 Å². The van der Waals surface area contributed by atoms with Crippen molar-refractivity contribution in [3.8, 4) is 17.1 Å². The number of hydrogen-bond donors (Lipinski definition) is 0. The van der Waals surface area contributed by atoms with Crippen LogP contribution in [-0.2, 0) is 7.05 Å². The summed E-state index contributed by atoms with van der Waals surface area (Å²) in [6.45, 7) is 0. The molecular formula is C13H11FN4O. The zero-order valence-electron chi connectivity index (χ0n) is 10.5. The number of methoxy groups -OCH3 is 1. The summed E-state index contributed by atoms with van der Waals surface area (Å²) in [5.74, 6) is 0.461. The van der Waals surface area contributed by atoms with E-state index >= 15 is 0 Å². The number of ether oxygens (including phenoxy) is 1. The summed E-state index contributed by atoms with van der Waals surface area (Å²) in [7, 11) is 3.35. The molecule has 0 spiro atoms. The van der Waals surface area contributed by atoms with Gasteiger partial charge in [0.15, 0.2) is 11.5 Å². The van der Waals surface area contributed by atoms with E-state index in [4.69, 9.17) is 4.74 Å². The summed E-state index contributed by atoms with van der Waals surface area (Å²) in [6.07, 6.45) is 3.33. The molecule has 0 radical (unpaired) electrons. The molecule has 2 aromatic heterocycles. The molecule has 2 heterocycles. The molecule has 0 amide bonds. The maximum Gasteiger partial charge on any atom is 0.181 e. The number of hydrogen-bond acceptors (Lipinski definition) is 4. The molecule has 6 heteroatoms. The van der Waals surface area contributed by atoms with Crippen LogP contribution < -0.4 is 4.74 Å². The summed E-state index contributed by atoms with van der Waals surface area (Å²) in [5.41, 5.74) is 1.97. The fraction of sp³-hybridized carbons (Fsp3) is 0.154. The van der Waals surface area contributed by atoms with E-state index in [1.165, 1.54) is 19.2 Å². The van der Waals surface area contributed by atoms with Gasteiger partial charge in [-0.3, -0.25) is 0 Å². The highest BCUT2D eigenvalue weighted by molar-refractivity contribution is 5.72. The van der Waals surface area contributed by atoms with Gasteiger partial charge in [-0.25, -0.2) is 19.3 Å². The molecule has 5 nitrogen and oxygen atoms in total. The summed E-state index contributed by atoms with van der Waals surface area (Å²) >= 11 is 0. The number of imidazole rings is 1. The number of aryl methyl sites for hydroxylation is 1. The van der Waals surface area contributed by atoms with Gasteiger partial charge in [-0.1, -0.05) is 0 Å². The second-order valence-corrected chi connectivity index (χ2v) is 4.14. The van der Waals surface area contributed by atoms with Crippen molar-refractivity contribution in [1.82, 2.24) is 19.5 Å². The first-order valence-corrected chi connectivity index (χ1v) is 5.66. The van der Waals surface area contributed by atoms with E-state index in [1.807, 2.05) is 11.6 Å². The second-order valence-electron chi connectivity index (χ2n) is 4.14. The van der Waals surface area contributed by atoms with Crippen LogP contribution in [0.15, 0.2) is 30.7 Å². The van der Waals surface area contributed by atoms with Crippen LogP contribution in [0.4, 0.5) is 4.39 Å². The largest absolute Gasteiger partial charge is 0.497 e. The quantitative estimate of drug-likeness (QED) is 0.707. The second kappa shape index (κ2) is 4.31. The van der Waals surface area contributed by atoms with Crippen molar-refractivity contribution in [3.63, 3.8) is 0 Å². The van der Waals surface area contributed by atoms with E-state index in [0.29, 0.717) is 22.8 Å². The zero-order valence-corrected chi connectivity index (χ0v) is 10.5. The number of nitrogens with zero attached hydrogens (tertiary/aromatic N) is 4. The number of halogens is 1. The van der Waals surface area contributed by atoms with Gasteiger partial charge in [0.2, 0.25) is 0 Å².